The van der Waals surface area contributed by atoms with Gasteiger partial charge in [-0.2, -0.15) is 0 Å². The molecule has 1 atom stereocenters. The van der Waals surface area contributed by atoms with Gasteiger partial charge in [-0.3, -0.25) is 4.79 Å². The van der Waals surface area contributed by atoms with E-state index in [0.29, 0.717) is 0 Å². The Morgan fingerprint density at radius 2 is 1.85 bits per heavy atom. The molecule has 134 valence electrons. The number of carbonyl (C=O) groups is 1. The fourth-order valence-corrected chi connectivity index (χ4v) is 4.36. The van der Waals surface area contributed by atoms with Crippen LogP contribution in [0.15, 0.2) is 40.4 Å². The van der Waals surface area contributed by atoms with Crippen LogP contribution in [0.3, 0.4) is 0 Å². The van der Waals surface area contributed by atoms with Crippen molar-refractivity contribution in [2.75, 3.05) is 14.2 Å². The monoisotopic (exact) mass is 412 g/mol. The average molecular weight is 413 g/mol. The molecule has 0 heterocycles. The van der Waals surface area contributed by atoms with Crippen molar-refractivity contribution in [3.05, 3.63) is 62.6 Å². The van der Waals surface area contributed by atoms with Crippen LogP contribution in [0.5, 0.6) is 11.5 Å². The van der Waals surface area contributed by atoms with Crippen LogP contribution in [0.25, 0.3) is 6.08 Å². The van der Waals surface area contributed by atoms with E-state index in [2.05, 4.69) is 22.0 Å². The first-order valence-corrected chi connectivity index (χ1v) is 9.68. The van der Waals surface area contributed by atoms with Crippen LogP contribution in [-0.4, -0.2) is 20.0 Å². The molecule has 0 amide bonds. The number of methoxy groups -OCH3 is 2. The summed E-state index contributed by atoms with van der Waals surface area (Å²) in [6, 6.07) is 10.2. The number of halogens is 1. The van der Waals surface area contributed by atoms with Gasteiger partial charge in [0.1, 0.15) is 11.5 Å². The number of Topliss-reactive ketones (excluding diaryl/α,β-unsaturated/α-hetero) is 1. The van der Waals surface area contributed by atoms with Crippen LogP contribution in [-0.2, 0) is 11.2 Å². The lowest BCUT2D eigenvalue weighted by atomic mass is 9.75. The van der Waals surface area contributed by atoms with Crippen LogP contribution in [0.1, 0.15) is 47.4 Å². The van der Waals surface area contributed by atoms with E-state index in [9.17, 15) is 4.79 Å². The maximum atomic E-state index is 13.2. The summed E-state index contributed by atoms with van der Waals surface area (Å²) in [5.41, 5.74) is 5.27. The molecule has 3 nitrogen and oxygen atoms in total. The zero-order valence-corrected chi connectivity index (χ0v) is 16.6. The molecule has 0 aliphatic heterocycles. The molecule has 0 saturated heterocycles. The number of fused-ring (bicyclic) bond motifs is 2. The Bertz CT molecular complexity index is 897. The molecule has 1 saturated carbocycles. The number of ether oxygens (including phenoxy) is 2. The van der Waals surface area contributed by atoms with E-state index < -0.39 is 0 Å². The number of carbonyl (C=O) groups excluding carboxylic acids is 1. The van der Waals surface area contributed by atoms with Crippen molar-refractivity contribution in [3.63, 3.8) is 0 Å². The van der Waals surface area contributed by atoms with Gasteiger partial charge < -0.3 is 9.47 Å². The summed E-state index contributed by atoms with van der Waals surface area (Å²) in [6.07, 6.45) is 5.63. The number of hydrogen-bond acceptors (Lipinski definition) is 3. The highest BCUT2D eigenvalue weighted by Gasteiger charge is 2.35. The van der Waals surface area contributed by atoms with E-state index in [1.54, 1.807) is 14.2 Å². The second kappa shape index (κ2) is 6.92. The van der Waals surface area contributed by atoms with E-state index >= 15 is 0 Å². The molecule has 0 radical (unpaired) electrons. The van der Waals surface area contributed by atoms with Crippen LogP contribution >= 0.6 is 15.9 Å². The van der Waals surface area contributed by atoms with Gasteiger partial charge in [-0.15, -0.1) is 0 Å². The zero-order chi connectivity index (χ0) is 18.3. The molecule has 3 aliphatic rings. The largest absolute Gasteiger partial charge is 0.496 e. The zero-order valence-electron chi connectivity index (χ0n) is 15.0. The molecule has 2 bridgehead atoms. The van der Waals surface area contributed by atoms with Crippen LogP contribution in [0.2, 0.25) is 0 Å². The predicted molar refractivity (Wildman–Crippen MR) is 106 cm³/mol. The first-order chi connectivity index (χ1) is 12.6. The van der Waals surface area contributed by atoms with E-state index in [4.69, 9.17) is 9.47 Å². The first-order valence-electron chi connectivity index (χ1n) is 8.89. The van der Waals surface area contributed by atoms with Gasteiger partial charge in [0.05, 0.1) is 20.1 Å². The molecule has 2 aromatic carbocycles. The Labute approximate surface area is 162 Å². The number of allylic oxidation sites excluding steroid dienone is 1. The molecule has 4 heteroatoms. The second-order valence-corrected chi connectivity index (χ2v) is 7.79. The molecule has 0 aromatic heterocycles. The van der Waals surface area contributed by atoms with Gasteiger partial charge in [-0.1, -0.05) is 28.1 Å². The summed E-state index contributed by atoms with van der Waals surface area (Å²) in [5.74, 6) is 1.85. The summed E-state index contributed by atoms with van der Waals surface area (Å²) < 4.78 is 12.2. The Morgan fingerprint density at radius 3 is 2.54 bits per heavy atom. The van der Waals surface area contributed by atoms with Gasteiger partial charge in [0.15, 0.2) is 5.78 Å². The van der Waals surface area contributed by atoms with E-state index in [1.807, 2.05) is 30.3 Å². The highest BCUT2D eigenvalue weighted by atomic mass is 79.9. The quantitative estimate of drug-likeness (QED) is 0.546. The van der Waals surface area contributed by atoms with Crippen molar-refractivity contribution in [1.82, 2.24) is 0 Å². The lowest BCUT2D eigenvalue weighted by Gasteiger charge is -2.31. The Morgan fingerprint density at radius 1 is 1.12 bits per heavy atom. The third-order valence-electron chi connectivity index (χ3n) is 5.37. The van der Waals surface area contributed by atoms with E-state index in [0.717, 1.165) is 63.9 Å². The minimum absolute atomic E-state index is 0.121. The van der Waals surface area contributed by atoms with Gasteiger partial charge in [0.2, 0.25) is 0 Å². The third-order valence-corrected chi connectivity index (χ3v) is 5.89. The number of benzene rings is 2. The molecule has 1 fully saturated rings. The summed E-state index contributed by atoms with van der Waals surface area (Å²) in [5, 5.41) is 0. The molecule has 3 aliphatic carbocycles. The third kappa shape index (κ3) is 2.86. The molecule has 1 unspecified atom stereocenters. The van der Waals surface area contributed by atoms with Gasteiger partial charge >= 0.3 is 0 Å². The van der Waals surface area contributed by atoms with Crippen molar-refractivity contribution in [2.24, 2.45) is 0 Å². The SMILES string of the molecule is COc1c2cc(C3CCC/C(=C\c4ccc(Br)cc4)C3=O)c(OC)c1C2. The summed E-state index contributed by atoms with van der Waals surface area (Å²) in [6.45, 7) is 0. The van der Waals surface area contributed by atoms with Crippen molar-refractivity contribution in [3.8, 4) is 11.5 Å². The summed E-state index contributed by atoms with van der Waals surface area (Å²) >= 11 is 3.45. The van der Waals surface area contributed by atoms with E-state index in [1.165, 1.54) is 5.56 Å². The smallest absolute Gasteiger partial charge is 0.166 e. The van der Waals surface area contributed by atoms with E-state index in [-0.39, 0.29) is 11.7 Å². The molecular formula is C22H21BrO3. The maximum absolute atomic E-state index is 13.2. The molecule has 5 rings (SSSR count). The Balaban J connectivity index is 1.67. The molecule has 0 N–H and O–H groups in total. The molecule has 26 heavy (non-hydrogen) atoms. The number of hydrogen-bond donors (Lipinski definition) is 0. The van der Waals surface area contributed by atoms with Gasteiger partial charge in [-0.05, 0) is 60.2 Å². The topological polar surface area (TPSA) is 35.5 Å². The minimum Gasteiger partial charge on any atom is -0.496 e. The van der Waals surface area contributed by atoms with Crippen molar-refractivity contribution >= 4 is 27.8 Å². The first kappa shape index (κ1) is 17.3. The number of ketones is 1. The minimum atomic E-state index is -0.121. The van der Waals surface area contributed by atoms with Gasteiger partial charge in [0.25, 0.3) is 0 Å². The predicted octanol–water partition coefficient (Wildman–Crippen LogP) is 5.29. The average Bonchev–Trinajstić information content (AvgIpc) is 2.65. The molecule has 0 spiro atoms. The lowest BCUT2D eigenvalue weighted by molar-refractivity contribution is -0.118. The van der Waals surface area contributed by atoms with Crippen LogP contribution < -0.4 is 9.47 Å². The number of rotatable bonds is 4. The van der Waals surface area contributed by atoms with Crippen molar-refractivity contribution in [2.45, 2.75) is 31.6 Å². The van der Waals surface area contributed by atoms with Crippen molar-refractivity contribution in [1.29, 1.82) is 0 Å². The van der Waals surface area contributed by atoms with Crippen LogP contribution in [0, 0.1) is 0 Å². The highest BCUT2D eigenvalue weighted by Crippen LogP contribution is 2.50. The lowest BCUT2D eigenvalue weighted by Crippen LogP contribution is -2.23. The normalized spacial score (nSPS) is 20.0. The summed E-state index contributed by atoms with van der Waals surface area (Å²) in [7, 11) is 3.37. The van der Waals surface area contributed by atoms with Gasteiger partial charge in [-0.25, -0.2) is 0 Å². The van der Waals surface area contributed by atoms with Gasteiger partial charge in [0, 0.05) is 22.0 Å². The second-order valence-electron chi connectivity index (χ2n) is 6.88. The standard InChI is InChI=1S/C22H21BrO3/c1-25-21-15-11-18(22(26-2)19(21)12-15)17-5-3-4-14(20(17)24)10-13-6-8-16(23)9-7-13/h6-11,17H,3-5,12H2,1-2H3/b14-10+. The maximum Gasteiger partial charge on any atom is 0.166 e. The fraction of sp³-hybridized carbons (Fsp3) is 0.318. The van der Waals surface area contributed by atoms with Crippen molar-refractivity contribution < 1.29 is 14.3 Å². The Hall–Kier alpha value is -2.07. The fourth-order valence-electron chi connectivity index (χ4n) is 4.09. The molecule has 2 aromatic rings. The Kier molecular flexibility index (Phi) is 4.62. The summed E-state index contributed by atoms with van der Waals surface area (Å²) in [4.78, 5) is 13.2. The highest BCUT2D eigenvalue weighted by molar-refractivity contribution is 9.10. The van der Waals surface area contributed by atoms with Crippen LogP contribution in [0.4, 0.5) is 0 Å². The molecular weight excluding hydrogens is 392 g/mol.